The number of thiophene rings is 1. The van der Waals surface area contributed by atoms with Crippen molar-refractivity contribution >= 4 is 33.2 Å². The molecule has 0 unspecified atom stereocenters. The highest BCUT2D eigenvalue weighted by molar-refractivity contribution is 9.11. The van der Waals surface area contributed by atoms with Crippen LogP contribution in [0.3, 0.4) is 0 Å². The molecule has 3 rings (SSSR count). The van der Waals surface area contributed by atoms with Gasteiger partial charge >= 0.3 is 5.97 Å². The SMILES string of the molecule is CCOC(=O)c1ccc(-c2ccc(Br)s2)nc1C1CC1. The highest BCUT2D eigenvalue weighted by Crippen LogP contribution is 2.42. The summed E-state index contributed by atoms with van der Waals surface area (Å²) in [6, 6.07) is 7.80. The van der Waals surface area contributed by atoms with Gasteiger partial charge in [0.1, 0.15) is 0 Å². The van der Waals surface area contributed by atoms with Gasteiger partial charge in [-0.25, -0.2) is 4.79 Å². The van der Waals surface area contributed by atoms with Crippen molar-refractivity contribution in [2.24, 2.45) is 0 Å². The van der Waals surface area contributed by atoms with Gasteiger partial charge in [0.05, 0.1) is 32.2 Å². The van der Waals surface area contributed by atoms with Crippen LogP contribution in [-0.2, 0) is 4.74 Å². The quantitative estimate of drug-likeness (QED) is 0.754. The Labute approximate surface area is 130 Å². The van der Waals surface area contributed by atoms with Gasteiger partial charge in [0.25, 0.3) is 0 Å². The Morgan fingerprint density at radius 3 is 2.80 bits per heavy atom. The number of esters is 1. The molecule has 0 aromatic carbocycles. The summed E-state index contributed by atoms with van der Waals surface area (Å²) in [4.78, 5) is 17.8. The van der Waals surface area contributed by atoms with Crippen molar-refractivity contribution in [2.75, 3.05) is 6.61 Å². The third kappa shape index (κ3) is 2.79. The number of pyridine rings is 1. The molecular weight excluding hydrogens is 338 g/mol. The molecule has 5 heteroatoms. The minimum absolute atomic E-state index is 0.263. The summed E-state index contributed by atoms with van der Waals surface area (Å²) in [5.41, 5.74) is 2.44. The molecule has 20 heavy (non-hydrogen) atoms. The number of aromatic nitrogens is 1. The first kappa shape index (κ1) is 13.8. The number of nitrogens with zero attached hydrogens (tertiary/aromatic N) is 1. The van der Waals surface area contributed by atoms with Crippen LogP contribution in [0.1, 0.15) is 41.7 Å². The van der Waals surface area contributed by atoms with Crippen LogP contribution < -0.4 is 0 Å². The first-order valence-corrected chi connectivity index (χ1v) is 8.23. The number of ether oxygens (including phenoxy) is 1. The second kappa shape index (κ2) is 5.66. The van der Waals surface area contributed by atoms with Gasteiger partial charge in [0, 0.05) is 5.92 Å². The van der Waals surface area contributed by atoms with Crippen LogP contribution in [0.25, 0.3) is 10.6 Å². The highest BCUT2D eigenvalue weighted by Gasteiger charge is 2.30. The molecule has 0 radical (unpaired) electrons. The summed E-state index contributed by atoms with van der Waals surface area (Å²) >= 11 is 5.11. The predicted octanol–water partition coefficient (Wildman–Crippen LogP) is 4.63. The van der Waals surface area contributed by atoms with Crippen LogP contribution in [0, 0.1) is 0 Å². The largest absolute Gasteiger partial charge is 0.462 e. The molecule has 1 aliphatic rings. The van der Waals surface area contributed by atoms with Crippen molar-refractivity contribution in [2.45, 2.75) is 25.7 Å². The Kier molecular flexibility index (Phi) is 3.89. The molecule has 2 aromatic heterocycles. The van der Waals surface area contributed by atoms with Crippen LogP contribution in [-0.4, -0.2) is 17.6 Å². The Bertz CT molecular complexity index is 649. The zero-order valence-corrected chi connectivity index (χ0v) is 13.5. The summed E-state index contributed by atoms with van der Waals surface area (Å²) in [7, 11) is 0. The minimum Gasteiger partial charge on any atom is -0.462 e. The summed E-state index contributed by atoms with van der Waals surface area (Å²) in [5, 5.41) is 0. The molecule has 0 atom stereocenters. The van der Waals surface area contributed by atoms with E-state index in [1.165, 1.54) is 0 Å². The molecule has 3 nitrogen and oxygen atoms in total. The van der Waals surface area contributed by atoms with Crippen LogP contribution >= 0.6 is 27.3 Å². The fraction of sp³-hybridized carbons (Fsp3) is 0.333. The number of hydrogen-bond donors (Lipinski definition) is 0. The molecule has 2 heterocycles. The zero-order chi connectivity index (χ0) is 14.1. The summed E-state index contributed by atoms with van der Waals surface area (Å²) < 4.78 is 6.19. The van der Waals surface area contributed by atoms with E-state index in [9.17, 15) is 4.79 Å². The van der Waals surface area contributed by atoms with E-state index < -0.39 is 0 Å². The van der Waals surface area contributed by atoms with Gasteiger partial charge in [0.2, 0.25) is 0 Å². The monoisotopic (exact) mass is 351 g/mol. The average Bonchev–Trinajstić information content (AvgIpc) is 3.20. The normalized spacial score (nSPS) is 14.3. The first-order valence-electron chi connectivity index (χ1n) is 6.63. The number of rotatable bonds is 4. The van der Waals surface area contributed by atoms with Crippen molar-refractivity contribution in [3.05, 3.63) is 39.3 Å². The van der Waals surface area contributed by atoms with E-state index in [1.807, 2.05) is 31.2 Å². The molecule has 0 saturated heterocycles. The maximum atomic E-state index is 12.0. The van der Waals surface area contributed by atoms with Crippen molar-refractivity contribution in [1.82, 2.24) is 4.98 Å². The molecule has 0 amide bonds. The lowest BCUT2D eigenvalue weighted by Gasteiger charge is -2.09. The maximum Gasteiger partial charge on any atom is 0.339 e. The number of carbonyl (C=O) groups is 1. The fourth-order valence-electron chi connectivity index (χ4n) is 2.11. The second-order valence-corrected chi connectivity index (χ2v) is 7.19. The highest BCUT2D eigenvalue weighted by atomic mass is 79.9. The molecule has 1 fully saturated rings. The van der Waals surface area contributed by atoms with Gasteiger partial charge in [-0.15, -0.1) is 11.3 Å². The fourth-order valence-corrected chi connectivity index (χ4v) is 3.47. The number of halogens is 1. The Morgan fingerprint density at radius 1 is 1.40 bits per heavy atom. The standard InChI is InChI=1S/C15H14BrNO2S/c1-2-19-15(18)10-5-6-11(12-7-8-13(16)20-12)17-14(10)9-3-4-9/h5-9H,2-4H2,1H3. The molecule has 0 bridgehead atoms. The van der Waals surface area contributed by atoms with Gasteiger partial charge < -0.3 is 4.74 Å². The van der Waals surface area contributed by atoms with Crippen molar-refractivity contribution < 1.29 is 9.53 Å². The predicted molar refractivity (Wildman–Crippen MR) is 83.2 cm³/mol. The van der Waals surface area contributed by atoms with Crippen LogP contribution in [0.5, 0.6) is 0 Å². The topological polar surface area (TPSA) is 39.2 Å². The zero-order valence-electron chi connectivity index (χ0n) is 11.1. The van der Waals surface area contributed by atoms with Gasteiger partial charge in [-0.1, -0.05) is 0 Å². The second-order valence-electron chi connectivity index (χ2n) is 4.73. The Hall–Kier alpha value is -1.20. The lowest BCUT2D eigenvalue weighted by molar-refractivity contribution is 0.0524. The van der Waals surface area contributed by atoms with E-state index in [-0.39, 0.29) is 5.97 Å². The van der Waals surface area contributed by atoms with E-state index >= 15 is 0 Å². The van der Waals surface area contributed by atoms with E-state index in [0.29, 0.717) is 18.1 Å². The smallest absolute Gasteiger partial charge is 0.339 e. The molecule has 1 aliphatic carbocycles. The Morgan fingerprint density at radius 2 is 2.20 bits per heavy atom. The van der Waals surface area contributed by atoms with E-state index in [4.69, 9.17) is 9.72 Å². The van der Waals surface area contributed by atoms with Gasteiger partial charge in [0.15, 0.2) is 0 Å². The first-order chi connectivity index (χ1) is 9.69. The van der Waals surface area contributed by atoms with Crippen LogP contribution in [0.15, 0.2) is 28.1 Å². The summed E-state index contributed by atoms with van der Waals surface area (Å²) in [6.07, 6.45) is 2.22. The third-order valence-electron chi connectivity index (χ3n) is 3.21. The molecule has 104 valence electrons. The van der Waals surface area contributed by atoms with Gasteiger partial charge in [-0.2, -0.15) is 0 Å². The van der Waals surface area contributed by atoms with Gasteiger partial charge in [-0.05, 0) is 60.0 Å². The Balaban J connectivity index is 1.99. The van der Waals surface area contributed by atoms with Crippen LogP contribution in [0.2, 0.25) is 0 Å². The number of carbonyl (C=O) groups excluding carboxylic acids is 1. The average molecular weight is 352 g/mol. The molecule has 2 aromatic rings. The van der Waals surface area contributed by atoms with Crippen molar-refractivity contribution in [3.8, 4) is 10.6 Å². The van der Waals surface area contributed by atoms with Crippen molar-refractivity contribution in [3.63, 3.8) is 0 Å². The van der Waals surface area contributed by atoms with Crippen molar-refractivity contribution in [1.29, 1.82) is 0 Å². The van der Waals surface area contributed by atoms with E-state index in [2.05, 4.69) is 15.9 Å². The lowest BCUT2D eigenvalue weighted by Crippen LogP contribution is -2.09. The molecule has 1 saturated carbocycles. The summed E-state index contributed by atoms with van der Waals surface area (Å²) in [5.74, 6) is 0.151. The third-order valence-corrected chi connectivity index (χ3v) is 4.86. The lowest BCUT2D eigenvalue weighted by atomic mass is 10.1. The molecule has 0 spiro atoms. The van der Waals surface area contributed by atoms with E-state index in [0.717, 1.165) is 32.9 Å². The summed E-state index contributed by atoms with van der Waals surface area (Å²) in [6.45, 7) is 2.21. The maximum absolute atomic E-state index is 12.0. The van der Waals surface area contributed by atoms with Crippen LogP contribution in [0.4, 0.5) is 0 Å². The minimum atomic E-state index is -0.263. The van der Waals surface area contributed by atoms with E-state index in [1.54, 1.807) is 11.3 Å². The molecular formula is C15H14BrNO2S. The number of hydrogen-bond acceptors (Lipinski definition) is 4. The molecule has 0 aliphatic heterocycles. The molecule has 0 N–H and O–H groups in total. The van der Waals surface area contributed by atoms with Gasteiger partial charge in [-0.3, -0.25) is 4.98 Å².